The van der Waals surface area contributed by atoms with Crippen LogP contribution in [0.25, 0.3) is 11.1 Å². The Bertz CT molecular complexity index is 861. The van der Waals surface area contributed by atoms with Crippen LogP contribution in [0.3, 0.4) is 0 Å². The fraction of sp³-hybridized carbons (Fsp3) is 0.333. The van der Waals surface area contributed by atoms with E-state index in [2.05, 4.69) is 27.6 Å². The van der Waals surface area contributed by atoms with Gasteiger partial charge in [-0.1, -0.05) is 24.6 Å². The molecular formula is C21H23BrF3NO2. The van der Waals surface area contributed by atoms with Gasteiger partial charge in [-0.15, -0.1) is 13.2 Å². The van der Waals surface area contributed by atoms with Gasteiger partial charge in [0.2, 0.25) is 0 Å². The smallest absolute Gasteiger partial charge is 0.406 e. The number of ether oxygens (including phenoxy) is 1. The van der Waals surface area contributed by atoms with Crippen LogP contribution >= 0.6 is 15.9 Å². The molecule has 0 saturated heterocycles. The summed E-state index contributed by atoms with van der Waals surface area (Å²) in [5.74, 6) is -0.271. The van der Waals surface area contributed by atoms with Crippen molar-refractivity contribution < 1.29 is 23.0 Å². The van der Waals surface area contributed by atoms with Crippen molar-refractivity contribution in [2.75, 3.05) is 11.9 Å². The van der Waals surface area contributed by atoms with Gasteiger partial charge >= 0.3 is 6.36 Å². The first kappa shape index (κ1) is 22.3. The van der Waals surface area contributed by atoms with E-state index in [9.17, 15) is 18.3 Å². The predicted molar refractivity (Wildman–Crippen MR) is 109 cm³/mol. The lowest BCUT2D eigenvalue weighted by molar-refractivity contribution is -0.274. The largest absolute Gasteiger partial charge is 0.573 e. The summed E-state index contributed by atoms with van der Waals surface area (Å²) in [6.07, 6.45) is -1.79. The van der Waals surface area contributed by atoms with Gasteiger partial charge in [0.15, 0.2) is 0 Å². The van der Waals surface area contributed by atoms with E-state index in [1.54, 1.807) is 12.1 Å². The minimum absolute atomic E-state index is 0.166. The second-order valence-corrected chi connectivity index (χ2v) is 7.33. The number of hydrogen-bond acceptors (Lipinski definition) is 3. The van der Waals surface area contributed by atoms with Gasteiger partial charge < -0.3 is 14.7 Å². The van der Waals surface area contributed by atoms with Crippen LogP contribution < -0.4 is 9.64 Å². The maximum atomic E-state index is 12.4. The van der Waals surface area contributed by atoms with Crippen molar-refractivity contribution in [2.45, 2.75) is 40.2 Å². The standard InChI is InChI=1S/C21H23BrF3NO2/c1-5-13(2)11-26(4)20-14(3)18(10-16(12-27)19(20)22)15-6-8-17(9-7-15)28-21(23,24)25/h6-11,27H,5,12H2,1-4H3/b13-11+. The Labute approximate surface area is 171 Å². The maximum absolute atomic E-state index is 12.4. The van der Waals surface area contributed by atoms with Crippen LogP contribution in [0.2, 0.25) is 0 Å². The molecule has 0 aliphatic carbocycles. The number of nitrogens with zero attached hydrogens (tertiary/aromatic N) is 1. The highest BCUT2D eigenvalue weighted by molar-refractivity contribution is 9.10. The first-order chi connectivity index (χ1) is 13.1. The average molecular weight is 458 g/mol. The summed E-state index contributed by atoms with van der Waals surface area (Å²) in [6, 6.07) is 7.57. The summed E-state index contributed by atoms with van der Waals surface area (Å²) < 4.78 is 41.9. The molecule has 7 heteroatoms. The molecule has 1 N–H and O–H groups in total. The van der Waals surface area contributed by atoms with Crippen molar-refractivity contribution in [3.63, 3.8) is 0 Å². The first-order valence-electron chi connectivity index (χ1n) is 8.76. The van der Waals surface area contributed by atoms with Gasteiger partial charge in [0.1, 0.15) is 5.75 Å². The molecule has 2 rings (SSSR count). The van der Waals surface area contributed by atoms with E-state index in [-0.39, 0.29) is 12.4 Å². The molecule has 0 spiro atoms. The van der Waals surface area contributed by atoms with Crippen LogP contribution in [0, 0.1) is 6.92 Å². The molecule has 2 aromatic rings. The van der Waals surface area contributed by atoms with E-state index < -0.39 is 6.36 Å². The molecular weight excluding hydrogens is 435 g/mol. The normalized spacial score (nSPS) is 12.2. The molecule has 0 saturated carbocycles. The molecule has 3 nitrogen and oxygen atoms in total. The van der Waals surface area contributed by atoms with Crippen molar-refractivity contribution in [3.8, 4) is 16.9 Å². The topological polar surface area (TPSA) is 32.7 Å². The van der Waals surface area contributed by atoms with Crippen molar-refractivity contribution in [3.05, 3.63) is 57.7 Å². The van der Waals surface area contributed by atoms with Crippen molar-refractivity contribution in [2.24, 2.45) is 0 Å². The molecule has 2 aromatic carbocycles. The zero-order chi connectivity index (χ0) is 21.1. The predicted octanol–water partition coefficient (Wildman–Crippen LogP) is 6.57. The van der Waals surface area contributed by atoms with E-state index in [0.717, 1.165) is 33.3 Å². The van der Waals surface area contributed by atoms with E-state index in [1.807, 2.05) is 38.1 Å². The van der Waals surface area contributed by atoms with Gasteiger partial charge in [-0.05, 0) is 76.7 Å². The number of aliphatic hydroxyl groups excluding tert-OH is 1. The average Bonchev–Trinajstić information content (AvgIpc) is 2.61. The highest BCUT2D eigenvalue weighted by Gasteiger charge is 2.31. The number of hydrogen-bond donors (Lipinski definition) is 1. The lowest BCUT2D eigenvalue weighted by Gasteiger charge is -2.24. The molecule has 0 aliphatic heterocycles. The molecule has 0 aromatic heterocycles. The monoisotopic (exact) mass is 457 g/mol. The van der Waals surface area contributed by atoms with Gasteiger partial charge in [-0.25, -0.2) is 0 Å². The zero-order valence-electron chi connectivity index (χ0n) is 16.2. The number of aliphatic hydroxyl groups is 1. The molecule has 0 radical (unpaired) electrons. The Balaban J connectivity index is 2.54. The van der Waals surface area contributed by atoms with Gasteiger partial charge in [-0.2, -0.15) is 0 Å². The van der Waals surface area contributed by atoms with Gasteiger partial charge in [0, 0.05) is 17.7 Å². The molecule has 0 heterocycles. The lowest BCUT2D eigenvalue weighted by atomic mass is 9.96. The number of allylic oxidation sites excluding steroid dienone is 1. The van der Waals surface area contributed by atoms with E-state index in [0.29, 0.717) is 5.56 Å². The number of benzene rings is 2. The number of alkyl halides is 3. The van der Waals surface area contributed by atoms with Crippen molar-refractivity contribution >= 4 is 21.6 Å². The van der Waals surface area contributed by atoms with Gasteiger partial charge in [-0.3, -0.25) is 0 Å². The second kappa shape index (κ2) is 9.01. The highest BCUT2D eigenvalue weighted by atomic mass is 79.9. The zero-order valence-corrected chi connectivity index (χ0v) is 17.8. The molecule has 0 amide bonds. The molecule has 0 atom stereocenters. The third kappa shape index (κ3) is 5.29. The second-order valence-electron chi connectivity index (χ2n) is 6.54. The van der Waals surface area contributed by atoms with Crippen LogP contribution in [0.4, 0.5) is 18.9 Å². The summed E-state index contributed by atoms with van der Waals surface area (Å²) in [5.41, 5.74) is 5.29. The summed E-state index contributed by atoms with van der Waals surface area (Å²) in [7, 11) is 1.93. The Kier molecular flexibility index (Phi) is 7.17. The number of anilines is 1. The molecule has 152 valence electrons. The maximum Gasteiger partial charge on any atom is 0.573 e. The Morgan fingerprint density at radius 1 is 1.25 bits per heavy atom. The highest BCUT2D eigenvalue weighted by Crippen LogP contribution is 2.40. The number of halogens is 4. The van der Waals surface area contributed by atoms with E-state index in [4.69, 9.17) is 0 Å². The fourth-order valence-electron chi connectivity index (χ4n) is 2.95. The van der Waals surface area contributed by atoms with Gasteiger partial charge in [0.25, 0.3) is 0 Å². The van der Waals surface area contributed by atoms with Crippen LogP contribution in [0.15, 0.2) is 46.6 Å². The van der Waals surface area contributed by atoms with Crippen LogP contribution in [0.5, 0.6) is 5.75 Å². The molecule has 0 bridgehead atoms. The van der Waals surface area contributed by atoms with Crippen molar-refractivity contribution in [1.82, 2.24) is 0 Å². The first-order valence-corrected chi connectivity index (χ1v) is 9.55. The summed E-state index contributed by atoms with van der Waals surface area (Å²) in [5, 5.41) is 9.78. The Morgan fingerprint density at radius 3 is 2.36 bits per heavy atom. The Morgan fingerprint density at radius 2 is 1.86 bits per heavy atom. The van der Waals surface area contributed by atoms with E-state index >= 15 is 0 Å². The Hall–Kier alpha value is -1.99. The van der Waals surface area contributed by atoms with Crippen molar-refractivity contribution in [1.29, 1.82) is 0 Å². The quantitative estimate of drug-likeness (QED) is 0.532. The minimum Gasteiger partial charge on any atom is -0.406 e. The summed E-state index contributed by atoms with van der Waals surface area (Å²) in [4.78, 5) is 1.99. The third-order valence-corrected chi connectivity index (χ3v) is 5.35. The molecule has 28 heavy (non-hydrogen) atoms. The summed E-state index contributed by atoms with van der Waals surface area (Å²) >= 11 is 3.58. The van der Waals surface area contributed by atoms with Gasteiger partial charge in [0.05, 0.1) is 12.3 Å². The number of rotatable bonds is 6. The molecule has 0 fully saturated rings. The van der Waals surface area contributed by atoms with Crippen LogP contribution in [-0.4, -0.2) is 18.5 Å². The van der Waals surface area contributed by atoms with Crippen LogP contribution in [0.1, 0.15) is 31.4 Å². The summed E-state index contributed by atoms with van der Waals surface area (Å²) in [6.45, 7) is 5.89. The molecule has 0 aliphatic rings. The fourth-order valence-corrected chi connectivity index (χ4v) is 3.76. The lowest BCUT2D eigenvalue weighted by Crippen LogP contribution is -2.17. The van der Waals surface area contributed by atoms with E-state index in [1.165, 1.54) is 17.7 Å². The molecule has 0 unspecified atom stereocenters. The SMILES string of the molecule is CC/C(C)=C/N(C)c1c(C)c(-c2ccc(OC(F)(F)F)cc2)cc(CO)c1Br. The third-order valence-electron chi connectivity index (χ3n) is 4.46. The van der Waals surface area contributed by atoms with Crippen LogP contribution in [-0.2, 0) is 6.61 Å². The minimum atomic E-state index is -4.72.